The van der Waals surface area contributed by atoms with E-state index in [0.717, 1.165) is 27.5 Å². The first-order chi connectivity index (χ1) is 14.2. The molecule has 1 fully saturated rings. The molecule has 2 aromatic carbocycles. The molecular formula is C23H16N4O2. The third kappa shape index (κ3) is 2.87. The Morgan fingerprint density at radius 3 is 2.28 bits per heavy atom. The molecule has 1 saturated heterocycles. The van der Waals surface area contributed by atoms with Crippen LogP contribution in [0.2, 0.25) is 0 Å². The highest BCUT2D eigenvalue weighted by Gasteiger charge is 2.35. The van der Waals surface area contributed by atoms with Gasteiger partial charge in [-0.15, -0.1) is 0 Å². The maximum atomic E-state index is 13.0. The number of urea groups is 1. The Balaban J connectivity index is 1.64. The predicted molar refractivity (Wildman–Crippen MR) is 111 cm³/mol. The number of carbonyl (C=O) groups is 2. The number of para-hydroxylation sites is 1. The number of benzene rings is 2. The summed E-state index contributed by atoms with van der Waals surface area (Å²) in [4.78, 5) is 31.3. The lowest BCUT2D eigenvalue weighted by Gasteiger charge is -2.10. The van der Waals surface area contributed by atoms with Crippen LogP contribution in [0.1, 0.15) is 5.69 Å². The van der Waals surface area contributed by atoms with E-state index in [1.54, 1.807) is 30.3 Å². The number of imide groups is 1. The van der Waals surface area contributed by atoms with Crippen molar-refractivity contribution in [2.24, 2.45) is 0 Å². The zero-order valence-corrected chi connectivity index (χ0v) is 15.3. The molecule has 1 aliphatic heterocycles. The molecule has 6 heteroatoms. The summed E-state index contributed by atoms with van der Waals surface area (Å²) in [6.45, 7) is 0. The summed E-state index contributed by atoms with van der Waals surface area (Å²) >= 11 is 0. The lowest BCUT2D eigenvalue weighted by atomic mass is 10.1. The van der Waals surface area contributed by atoms with Gasteiger partial charge in [0.05, 0.1) is 17.1 Å². The highest BCUT2D eigenvalue weighted by molar-refractivity contribution is 6.28. The molecule has 0 unspecified atom stereocenters. The SMILES string of the molecule is O=C1N/C(=C\c2c(-c3ccccc3)nc3ccccn23)C(=O)N1c1ccccc1. The van der Waals surface area contributed by atoms with E-state index in [1.165, 1.54) is 0 Å². The Kier molecular flexibility index (Phi) is 3.95. The zero-order valence-electron chi connectivity index (χ0n) is 15.3. The summed E-state index contributed by atoms with van der Waals surface area (Å²) in [6.07, 6.45) is 3.57. The number of nitrogens with zero attached hydrogens (tertiary/aromatic N) is 3. The average Bonchev–Trinajstić information content (AvgIpc) is 3.26. The molecule has 1 aliphatic rings. The van der Waals surface area contributed by atoms with Crippen molar-refractivity contribution in [2.75, 3.05) is 4.90 Å². The number of anilines is 1. The van der Waals surface area contributed by atoms with Crippen LogP contribution in [-0.2, 0) is 4.79 Å². The van der Waals surface area contributed by atoms with Gasteiger partial charge in [0.25, 0.3) is 5.91 Å². The van der Waals surface area contributed by atoms with E-state index >= 15 is 0 Å². The maximum absolute atomic E-state index is 13.0. The quantitative estimate of drug-likeness (QED) is 0.430. The van der Waals surface area contributed by atoms with Crippen LogP contribution < -0.4 is 10.2 Å². The number of hydrogen-bond acceptors (Lipinski definition) is 3. The van der Waals surface area contributed by atoms with Gasteiger partial charge >= 0.3 is 6.03 Å². The van der Waals surface area contributed by atoms with Crippen LogP contribution in [0.25, 0.3) is 23.0 Å². The fourth-order valence-corrected chi connectivity index (χ4v) is 3.44. The second-order valence-corrected chi connectivity index (χ2v) is 6.60. The minimum Gasteiger partial charge on any atom is -0.302 e. The van der Waals surface area contributed by atoms with Crippen molar-refractivity contribution in [3.63, 3.8) is 0 Å². The lowest BCUT2D eigenvalue weighted by Crippen LogP contribution is -2.30. The van der Waals surface area contributed by atoms with Crippen LogP contribution in [0.15, 0.2) is 90.8 Å². The second-order valence-electron chi connectivity index (χ2n) is 6.60. The lowest BCUT2D eigenvalue weighted by molar-refractivity contribution is -0.113. The molecule has 29 heavy (non-hydrogen) atoms. The van der Waals surface area contributed by atoms with Crippen molar-refractivity contribution in [1.82, 2.24) is 14.7 Å². The van der Waals surface area contributed by atoms with Crippen molar-refractivity contribution < 1.29 is 9.59 Å². The van der Waals surface area contributed by atoms with Gasteiger partial charge in [-0.1, -0.05) is 54.6 Å². The Morgan fingerprint density at radius 2 is 1.52 bits per heavy atom. The number of fused-ring (bicyclic) bond motifs is 1. The van der Waals surface area contributed by atoms with Gasteiger partial charge in [0.15, 0.2) is 0 Å². The summed E-state index contributed by atoms with van der Waals surface area (Å²) in [5.74, 6) is -0.397. The molecule has 0 atom stereocenters. The summed E-state index contributed by atoms with van der Waals surface area (Å²) in [6, 6.07) is 23.9. The fraction of sp³-hybridized carbons (Fsp3) is 0. The molecule has 0 bridgehead atoms. The van der Waals surface area contributed by atoms with E-state index in [-0.39, 0.29) is 5.70 Å². The molecule has 0 saturated carbocycles. The summed E-state index contributed by atoms with van der Waals surface area (Å²) in [5, 5.41) is 2.69. The van der Waals surface area contributed by atoms with Crippen molar-refractivity contribution in [2.45, 2.75) is 0 Å². The van der Waals surface area contributed by atoms with E-state index < -0.39 is 11.9 Å². The van der Waals surface area contributed by atoms with Gasteiger partial charge in [0.2, 0.25) is 0 Å². The number of amides is 3. The zero-order chi connectivity index (χ0) is 19.8. The van der Waals surface area contributed by atoms with Crippen molar-refractivity contribution in [1.29, 1.82) is 0 Å². The van der Waals surface area contributed by atoms with Gasteiger partial charge in [0.1, 0.15) is 11.3 Å². The van der Waals surface area contributed by atoms with Gasteiger partial charge in [-0.3, -0.25) is 9.20 Å². The van der Waals surface area contributed by atoms with E-state index in [4.69, 9.17) is 4.98 Å². The highest BCUT2D eigenvalue weighted by atomic mass is 16.2. The molecule has 2 aromatic heterocycles. The normalized spacial score (nSPS) is 15.3. The van der Waals surface area contributed by atoms with Gasteiger partial charge in [-0.25, -0.2) is 14.7 Å². The Morgan fingerprint density at radius 1 is 0.828 bits per heavy atom. The molecule has 1 N–H and O–H groups in total. The first-order valence-corrected chi connectivity index (χ1v) is 9.17. The topological polar surface area (TPSA) is 66.7 Å². The van der Waals surface area contributed by atoms with Crippen LogP contribution in [0.3, 0.4) is 0 Å². The summed E-state index contributed by atoms with van der Waals surface area (Å²) < 4.78 is 1.90. The molecule has 0 aliphatic carbocycles. The number of aromatic nitrogens is 2. The number of nitrogens with one attached hydrogen (secondary N) is 1. The highest BCUT2D eigenvalue weighted by Crippen LogP contribution is 2.28. The number of carbonyl (C=O) groups excluding carboxylic acids is 2. The largest absolute Gasteiger partial charge is 0.333 e. The smallest absolute Gasteiger partial charge is 0.302 e. The first-order valence-electron chi connectivity index (χ1n) is 9.17. The third-order valence-electron chi connectivity index (χ3n) is 4.79. The van der Waals surface area contributed by atoms with Gasteiger partial charge in [0, 0.05) is 11.8 Å². The molecule has 5 rings (SSSR count). The standard InChI is InChI=1S/C23H16N4O2/c28-22-18(24-23(29)27(22)17-11-5-2-6-12-17)15-19-21(16-9-3-1-4-10-16)25-20-13-7-8-14-26(19)20/h1-15H,(H,24,29)/b18-15-. The molecule has 0 radical (unpaired) electrons. The summed E-state index contributed by atoms with van der Waals surface area (Å²) in [7, 11) is 0. The predicted octanol–water partition coefficient (Wildman–Crippen LogP) is 4.10. The fourth-order valence-electron chi connectivity index (χ4n) is 3.44. The van der Waals surface area contributed by atoms with Gasteiger partial charge in [-0.05, 0) is 30.3 Å². The first kappa shape index (κ1) is 16.9. The number of pyridine rings is 1. The second kappa shape index (κ2) is 6.76. The number of imidazole rings is 1. The monoisotopic (exact) mass is 380 g/mol. The van der Waals surface area contributed by atoms with Gasteiger partial charge < -0.3 is 5.32 Å². The molecule has 3 amide bonds. The molecule has 6 nitrogen and oxygen atoms in total. The van der Waals surface area contributed by atoms with E-state index in [0.29, 0.717) is 5.69 Å². The maximum Gasteiger partial charge on any atom is 0.333 e. The minimum atomic E-state index is -0.470. The van der Waals surface area contributed by atoms with E-state index in [1.807, 2.05) is 65.2 Å². The molecule has 140 valence electrons. The van der Waals surface area contributed by atoms with E-state index in [9.17, 15) is 9.59 Å². The number of hydrogen-bond donors (Lipinski definition) is 1. The van der Waals surface area contributed by atoms with E-state index in [2.05, 4.69) is 5.32 Å². The van der Waals surface area contributed by atoms with Crippen molar-refractivity contribution in [3.05, 3.63) is 96.5 Å². The Bertz CT molecular complexity index is 1260. The molecular weight excluding hydrogens is 364 g/mol. The molecule has 3 heterocycles. The Labute approximate surface area is 166 Å². The van der Waals surface area contributed by atoms with Crippen LogP contribution in [0.5, 0.6) is 0 Å². The van der Waals surface area contributed by atoms with Crippen LogP contribution in [-0.4, -0.2) is 21.3 Å². The van der Waals surface area contributed by atoms with Crippen LogP contribution in [0, 0.1) is 0 Å². The average molecular weight is 380 g/mol. The van der Waals surface area contributed by atoms with Crippen molar-refractivity contribution >= 4 is 29.3 Å². The minimum absolute atomic E-state index is 0.210. The Hall–Kier alpha value is -4.19. The van der Waals surface area contributed by atoms with Crippen molar-refractivity contribution in [3.8, 4) is 11.3 Å². The van der Waals surface area contributed by atoms with Crippen LogP contribution in [0.4, 0.5) is 10.5 Å². The molecule has 0 spiro atoms. The van der Waals surface area contributed by atoms with Crippen LogP contribution >= 0.6 is 0 Å². The number of rotatable bonds is 3. The molecule has 4 aromatic rings. The summed E-state index contributed by atoms with van der Waals surface area (Å²) in [5.41, 5.74) is 3.89. The third-order valence-corrected chi connectivity index (χ3v) is 4.79. The van der Waals surface area contributed by atoms with Gasteiger partial charge in [-0.2, -0.15) is 0 Å².